The number of hydrogen-bond acceptors (Lipinski definition) is 4. The molecule has 0 bridgehead atoms. The lowest BCUT2D eigenvalue weighted by Crippen LogP contribution is -2.46. The molecule has 0 radical (unpaired) electrons. The highest BCUT2D eigenvalue weighted by molar-refractivity contribution is 7.91. The lowest BCUT2D eigenvalue weighted by molar-refractivity contribution is 0.370. The Bertz CT molecular complexity index is 702. The molecule has 1 aromatic carbocycles. The number of nitrogens with one attached hydrogen (secondary N) is 1. The predicted molar refractivity (Wildman–Crippen MR) is 88.8 cm³/mol. The number of para-hydroxylation sites is 1. The molecular formula is C17H23NO3S. The molecule has 2 aromatic rings. The van der Waals surface area contributed by atoms with Gasteiger partial charge < -0.3 is 9.73 Å². The fourth-order valence-corrected chi connectivity index (χ4v) is 4.81. The Labute approximate surface area is 131 Å². The van der Waals surface area contributed by atoms with Crippen LogP contribution in [0.4, 0.5) is 0 Å². The zero-order valence-electron chi connectivity index (χ0n) is 12.9. The smallest absolute Gasteiger partial charge is 0.151 e. The summed E-state index contributed by atoms with van der Waals surface area (Å²) in [7, 11) is -2.98. The zero-order valence-corrected chi connectivity index (χ0v) is 13.7. The summed E-state index contributed by atoms with van der Waals surface area (Å²) in [5.41, 5.74) is 0.907. The van der Waals surface area contributed by atoms with Crippen LogP contribution in [0.5, 0.6) is 0 Å². The number of sulfone groups is 1. The van der Waals surface area contributed by atoms with E-state index in [1.54, 1.807) is 0 Å². The van der Waals surface area contributed by atoms with Crippen molar-refractivity contribution in [2.75, 3.05) is 12.8 Å². The van der Waals surface area contributed by atoms with Gasteiger partial charge in [-0.15, -0.1) is 0 Å². The molecular weight excluding hydrogens is 298 g/mol. The largest absolute Gasteiger partial charge is 0.461 e. The van der Waals surface area contributed by atoms with E-state index in [4.69, 9.17) is 4.42 Å². The van der Waals surface area contributed by atoms with Crippen molar-refractivity contribution in [2.24, 2.45) is 0 Å². The molecule has 1 N–H and O–H groups in total. The summed E-state index contributed by atoms with van der Waals surface area (Å²) < 4.78 is 29.6. The monoisotopic (exact) mass is 321 g/mol. The van der Waals surface area contributed by atoms with Crippen molar-refractivity contribution in [2.45, 2.75) is 43.4 Å². The van der Waals surface area contributed by atoms with Crippen LogP contribution in [-0.2, 0) is 16.3 Å². The molecule has 1 saturated carbocycles. The first-order valence-electron chi connectivity index (χ1n) is 7.94. The molecule has 1 aliphatic carbocycles. The molecule has 0 amide bonds. The Kier molecular flexibility index (Phi) is 4.54. The molecule has 22 heavy (non-hydrogen) atoms. The summed E-state index contributed by atoms with van der Waals surface area (Å²) in [5.74, 6) is 0.945. The third kappa shape index (κ3) is 3.52. The van der Waals surface area contributed by atoms with E-state index in [-0.39, 0.29) is 11.3 Å². The van der Waals surface area contributed by atoms with E-state index in [0.717, 1.165) is 55.4 Å². The summed E-state index contributed by atoms with van der Waals surface area (Å²) in [4.78, 5) is 0. The molecule has 2 unspecified atom stereocenters. The van der Waals surface area contributed by atoms with E-state index in [1.807, 2.05) is 24.3 Å². The van der Waals surface area contributed by atoms with Gasteiger partial charge in [0.25, 0.3) is 0 Å². The summed E-state index contributed by atoms with van der Waals surface area (Å²) in [6.45, 7) is 0.747. The Morgan fingerprint density at radius 2 is 2.00 bits per heavy atom. The fourth-order valence-electron chi connectivity index (χ4n) is 3.38. The maximum atomic E-state index is 11.9. The second kappa shape index (κ2) is 6.42. The minimum Gasteiger partial charge on any atom is -0.461 e. The van der Waals surface area contributed by atoms with Crippen LogP contribution < -0.4 is 5.32 Å². The van der Waals surface area contributed by atoms with Crippen LogP contribution in [0, 0.1) is 0 Å². The van der Waals surface area contributed by atoms with Crippen LogP contribution in [0.1, 0.15) is 31.4 Å². The second-order valence-electron chi connectivity index (χ2n) is 6.21. The van der Waals surface area contributed by atoms with E-state index in [0.29, 0.717) is 0 Å². The number of furan rings is 1. The maximum Gasteiger partial charge on any atom is 0.151 e. The minimum atomic E-state index is -2.98. The topological polar surface area (TPSA) is 59.3 Å². The molecule has 0 spiro atoms. The van der Waals surface area contributed by atoms with E-state index in [1.165, 1.54) is 6.26 Å². The molecule has 120 valence electrons. The molecule has 3 rings (SSSR count). The Hall–Kier alpha value is -1.33. The summed E-state index contributed by atoms with van der Waals surface area (Å²) in [5, 5.41) is 4.31. The summed E-state index contributed by atoms with van der Waals surface area (Å²) >= 11 is 0. The molecule has 0 aliphatic heterocycles. The van der Waals surface area contributed by atoms with Crippen molar-refractivity contribution >= 4 is 20.8 Å². The molecule has 1 aliphatic rings. The molecule has 1 heterocycles. The van der Waals surface area contributed by atoms with Crippen molar-refractivity contribution in [1.29, 1.82) is 0 Å². The van der Waals surface area contributed by atoms with E-state index in [2.05, 4.69) is 11.4 Å². The van der Waals surface area contributed by atoms with Gasteiger partial charge in [-0.2, -0.15) is 0 Å². The van der Waals surface area contributed by atoms with Gasteiger partial charge in [-0.05, 0) is 25.0 Å². The highest BCUT2D eigenvalue weighted by atomic mass is 32.2. The van der Waals surface area contributed by atoms with Gasteiger partial charge in [-0.3, -0.25) is 0 Å². The zero-order chi connectivity index (χ0) is 15.6. The number of hydrogen-bond donors (Lipinski definition) is 1. The van der Waals surface area contributed by atoms with Crippen molar-refractivity contribution < 1.29 is 12.8 Å². The van der Waals surface area contributed by atoms with Gasteiger partial charge in [0, 0.05) is 30.6 Å². The average molecular weight is 321 g/mol. The lowest BCUT2D eigenvalue weighted by atomic mass is 9.95. The highest BCUT2D eigenvalue weighted by Gasteiger charge is 2.32. The predicted octanol–water partition coefficient (Wildman–Crippen LogP) is 2.92. The summed E-state index contributed by atoms with van der Waals surface area (Å²) in [6.07, 6.45) is 5.98. The standard InChI is InChI=1S/C17H23NO3S/c1-22(19,20)17-9-5-3-7-15(17)18-11-10-14-12-13-6-2-4-8-16(13)21-14/h2,4,6,8,12,15,17-18H,3,5,7,9-11H2,1H3. The van der Waals surface area contributed by atoms with Crippen LogP contribution in [-0.4, -0.2) is 32.5 Å². The number of fused-ring (bicyclic) bond motifs is 1. The van der Waals surface area contributed by atoms with Crippen LogP contribution in [0.25, 0.3) is 11.0 Å². The van der Waals surface area contributed by atoms with Gasteiger partial charge in [0.2, 0.25) is 0 Å². The lowest BCUT2D eigenvalue weighted by Gasteiger charge is -2.30. The van der Waals surface area contributed by atoms with Crippen molar-refractivity contribution in [1.82, 2.24) is 5.32 Å². The second-order valence-corrected chi connectivity index (χ2v) is 8.48. The SMILES string of the molecule is CS(=O)(=O)C1CCCCC1NCCc1cc2ccccc2o1. The van der Waals surface area contributed by atoms with Crippen molar-refractivity contribution in [3.8, 4) is 0 Å². The number of benzene rings is 1. The van der Waals surface area contributed by atoms with Crippen molar-refractivity contribution in [3.63, 3.8) is 0 Å². The molecule has 1 aromatic heterocycles. The van der Waals surface area contributed by atoms with Crippen LogP contribution in [0.2, 0.25) is 0 Å². The average Bonchev–Trinajstić information content (AvgIpc) is 2.89. The van der Waals surface area contributed by atoms with E-state index < -0.39 is 9.84 Å². The minimum absolute atomic E-state index is 0.0770. The first kappa shape index (κ1) is 15.6. The van der Waals surface area contributed by atoms with E-state index in [9.17, 15) is 8.42 Å². The van der Waals surface area contributed by atoms with Crippen LogP contribution in [0.15, 0.2) is 34.7 Å². The van der Waals surface area contributed by atoms with Gasteiger partial charge in [-0.1, -0.05) is 31.0 Å². The molecule has 4 nitrogen and oxygen atoms in total. The van der Waals surface area contributed by atoms with Crippen molar-refractivity contribution in [3.05, 3.63) is 36.1 Å². The number of rotatable bonds is 5. The Balaban J connectivity index is 1.59. The fraction of sp³-hybridized carbons (Fsp3) is 0.529. The molecule has 5 heteroatoms. The third-order valence-corrected chi connectivity index (χ3v) is 6.17. The quantitative estimate of drug-likeness (QED) is 0.920. The maximum absolute atomic E-state index is 11.9. The van der Waals surface area contributed by atoms with Gasteiger partial charge in [0.05, 0.1) is 5.25 Å². The van der Waals surface area contributed by atoms with Gasteiger partial charge in [-0.25, -0.2) is 8.42 Å². The van der Waals surface area contributed by atoms with E-state index >= 15 is 0 Å². The van der Waals surface area contributed by atoms with Gasteiger partial charge in [0.15, 0.2) is 9.84 Å². The van der Waals surface area contributed by atoms with Gasteiger partial charge >= 0.3 is 0 Å². The highest BCUT2D eigenvalue weighted by Crippen LogP contribution is 2.24. The normalized spacial score (nSPS) is 23.0. The summed E-state index contributed by atoms with van der Waals surface area (Å²) in [6, 6.07) is 10.1. The first-order valence-corrected chi connectivity index (χ1v) is 9.89. The third-order valence-electron chi connectivity index (χ3n) is 4.51. The molecule has 2 atom stereocenters. The van der Waals surface area contributed by atoms with Crippen LogP contribution >= 0.6 is 0 Å². The molecule has 0 saturated heterocycles. The first-order chi connectivity index (χ1) is 10.5. The Morgan fingerprint density at radius 1 is 1.23 bits per heavy atom. The van der Waals surface area contributed by atoms with Crippen LogP contribution in [0.3, 0.4) is 0 Å². The molecule has 1 fully saturated rings. The van der Waals surface area contributed by atoms with Gasteiger partial charge in [0.1, 0.15) is 11.3 Å². The Morgan fingerprint density at radius 3 is 2.77 bits per heavy atom.